The normalized spacial score (nSPS) is 10.4. The number of rotatable bonds is 4. The van der Waals surface area contributed by atoms with Crippen LogP contribution in [-0.4, -0.2) is 16.8 Å². The highest BCUT2D eigenvalue weighted by Gasteiger charge is 2.08. The van der Waals surface area contributed by atoms with Crippen LogP contribution in [0.5, 0.6) is 0 Å². The average molecular weight is 281 g/mol. The van der Waals surface area contributed by atoms with Crippen molar-refractivity contribution in [3.63, 3.8) is 0 Å². The van der Waals surface area contributed by atoms with Crippen LogP contribution in [0.3, 0.4) is 0 Å². The second kappa shape index (κ2) is 5.75. The lowest BCUT2D eigenvalue weighted by molar-refractivity contribution is -0.113. The van der Waals surface area contributed by atoms with Gasteiger partial charge in [-0.3, -0.25) is 4.79 Å². The van der Waals surface area contributed by atoms with Crippen LogP contribution in [-0.2, 0) is 4.79 Å². The highest BCUT2D eigenvalue weighted by Crippen LogP contribution is 2.25. The number of nitrogens with zero attached hydrogens (tertiary/aromatic N) is 1. The minimum Gasteiger partial charge on any atom is -0.398 e. The fourth-order valence-electron chi connectivity index (χ4n) is 1.40. The first-order chi connectivity index (χ1) is 9.04. The van der Waals surface area contributed by atoms with E-state index in [1.165, 1.54) is 23.9 Å². The third-order valence-corrected chi connectivity index (χ3v) is 3.32. The summed E-state index contributed by atoms with van der Waals surface area (Å²) in [6.45, 7) is 1.73. The van der Waals surface area contributed by atoms with Gasteiger partial charge in [0.25, 0.3) is 0 Å². The van der Waals surface area contributed by atoms with Crippen molar-refractivity contribution in [3.05, 3.63) is 35.8 Å². The Morgan fingerprint density at radius 1 is 1.53 bits per heavy atom. The Hall–Kier alpha value is -2.02. The lowest BCUT2D eigenvalue weighted by Crippen LogP contribution is -2.14. The van der Waals surface area contributed by atoms with E-state index >= 15 is 0 Å². The number of carbonyl (C=O) groups is 1. The van der Waals surface area contributed by atoms with E-state index < -0.39 is 5.82 Å². The number of hydrogen-bond acceptors (Lipinski definition) is 5. The standard InChI is InChI=1S/C12H12FN3O2S/c1-7-4-11(16-18-7)15-12(17)6-19-10-3-2-8(13)5-9(10)14/h2-5H,6,14H2,1H3,(H,15,16,17). The predicted octanol–water partition coefficient (Wildman–Crippen LogP) is 2.44. The summed E-state index contributed by atoms with van der Waals surface area (Å²) in [7, 11) is 0. The number of thioether (sulfide) groups is 1. The molecular weight excluding hydrogens is 269 g/mol. The lowest BCUT2D eigenvalue weighted by atomic mass is 10.3. The molecule has 0 fully saturated rings. The Bertz CT molecular complexity index is 600. The molecule has 0 saturated carbocycles. The maximum atomic E-state index is 12.8. The minimum absolute atomic E-state index is 0.155. The predicted molar refractivity (Wildman–Crippen MR) is 71.4 cm³/mol. The summed E-state index contributed by atoms with van der Waals surface area (Å²) in [4.78, 5) is 12.3. The maximum absolute atomic E-state index is 12.8. The molecule has 0 aliphatic heterocycles. The smallest absolute Gasteiger partial charge is 0.235 e. The van der Waals surface area contributed by atoms with Crippen molar-refractivity contribution in [2.75, 3.05) is 16.8 Å². The van der Waals surface area contributed by atoms with Crippen LogP contribution < -0.4 is 11.1 Å². The van der Waals surface area contributed by atoms with Gasteiger partial charge in [0.1, 0.15) is 11.6 Å². The number of anilines is 2. The largest absolute Gasteiger partial charge is 0.398 e. The highest BCUT2D eigenvalue weighted by atomic mass is 32.2. The first-order valence-electron chi connectivity index (χ1n) is 5.45. The van der Waals surface area contributed by atoms with Crippen LogP contribution in [0, 0.1) is 12.7 Å². The maximum Gasteiger partial charge on any atom is 0.235 e. The van der Waals surface area contributed by atoms with Crippen LogP contribution >= 0.6 is 11.8 Å². The van der Waals surface area contributed by atoms with Gasteiger partial charge in [0.15, 0.2) is 5.82 Å². The molecule has 1 aromatic carbocycles. The van der Waals surface area contributed by atoms with E-state index in [-0.39, 0.29) is 11.7 Å². The molecule has 5 nitrogen and oxygen atoms in total. The first kappa shape index (κ1) is 13.4. The molecule has 1 aromatic heterocycles. The van der Waals surface area contributed by atoms with Crippen molar-refractivity contribution in [3.8, 4) is 0 Å². The Labute approximate surface area is 113 Å². The van der Waals surface area contributed by atoms with Gasteiger partial charge in [-0.2, -0.15) is 0 Å². The molecule has 100 valence electrons. The SMILES string of the molecule is Cc1cc(NC(=O)CSc2ccc(F)cc2N)no1. The monoisotopic (exact) mass is 281 g/mol. The van der Waals surface area contributed by atoms with Gasteiger partial charge in [-0.1, -0.05) is 5.16 Å². The van der Waals surface area contributed by atoms with E-state index in [4.69, 9.17) is 10.3 Å². The Kier molecular flexibility index (Phi) is 4.06. The molecule has 1 heterocycles. The lowest BCUT2D eigenvalue weighted by Gasteiger charge is -2.05. The van der Waals surface area contributed by atoms with Gasteiger partial charge in [0, 0.05) is 16.6 Å². The van der Waals surface area contributed by atoms with Crippen molar-refractivity contribution in [2.45, 2.75) is 11.8 Å². The topological polar surface area (TPSA) is 81.2 Å². The minimum atomic E-state index is -0.399. The number of aromatic nitrogens is 1. The molecule has 0 radical (unpaired) electrons. The van der Waals surface area contributed by atoms with E-state index in [0.717, 1.165) is 0 Å². The summed E-state index contributed by atoms with van der Waals surface area (Å²) >= 11 is 1.23. The van der Waals surface area contributed by atoms with Crippen molar-refractivity contribution in [2.24, 2.45) is 0 Å². The zero-order valence-electron chi connectivity index (χ0n) is 10.1. The van der Waals surface area contributed by atoms with E-state index in [2.05, 4.69) is 10.5 Å². The van der Waals surface area contributed by atoms with Crippen molar-refractivity contribution >= 4 is 29.2 Å². The Balaban J connectivity index is 1.89. The number of carbonyl (C=O) groups excluding carboxylic acids is 1. The number of aryl methyl sites for hydroxylation is 1. The Morgan fingerprint density at radius 2 is 2.32 bits per heavy atom. The van der Waals surface area contributed by atoms with E-state index in [1.807, 2.05) is 0 Å². The van der Waals surface area contributed by atoms with E-state index in [0.29, 0.717) is 22.2 Å². The summed E-state index contributed by atoms with van der Waals surface area (Å²) in [5, 5.41) is 6.23. The summed E-state index contributed by atoms with van der Waals surface area (Å²) in [6, 6.07) is 5.69. The van der Waals surface area contributed by atoms with Crippen LogP contribution in [0.15, 0.2) is 33.7 Å². The molecule has 0 saturated heterocycles. The highest BCUT2D eigenvalue weighted by molar-refractivity contribution is 8.00. The number of nitrogens with one attached hydrogen (secondary N) is 1. The second-order valence-electron chi connectivity index (χ2n) is 3.84. The molecule has 7 heteroatoms. The van der Waals surface area contributed by atoms with Crippen molar-refractivity contribution in [1.82, 2.24) is 5.16 Å². The van der Waals surface area contributed by atoms with Gasteiger partial charge < -0.3 is 15.6 Å². The average Bonchev–Trinajstić information content (AvgIpc) is 2.73. The van der Waals surface area contributed by atoms with Gasteiger partial charge in [-0.25, -0.2) is 4.39 Å². The van der Waals surface area contributed by atoms with Crippen LogP contribution in [0.2, 0.25) is 0 Å². The molecule has 0 bridgehead atoms. The van der Waals surface area contributed by atoms with Crippen LogP contribution in [0.4, 0.5) is 15.9 Å². The number of nitrogen functional groups attached to an aromatic ring is 1. The molecule has 0 spiro atoms. The van der Waals surface area contributed by atoms with Gasteiger partial charge in [0.05, 0.1) is 5.75 Å². The van der Waals surface area contributed by atoms with Gasteiger partial charge in [-0.15, -0.1) is 11.8 Å². The van der Waals surface area contributed by atoms with Gasteiger partial charge >= 0.3 is 0 Å². The van der Waals surface area contributed by atoms with E-state index in [1.54, 1.807) is 19.1 Å². The third-order valence-electron chi connectivity index (χ3n) is 2.23. The molecule has 2 aromatic rings. The summed E-state index contributed by atoms with van der Waals surface area (Å²) < 4.78 is 17.7. The molecule has 3 N–H and O–H groups in total. The van der Waals surface area contributed by atoms with E-state index in [9.17, 15) is 9.18 Å². The van der Waals surface area contributed by atoms with Gasteiger partial charge in [-0.05, 0) is 25.1 Å². The number of halogens is 1. The number of hydrogen-bond donors (Lipinski definition) is 2. The molecule has 0 aliphatic rings. The van der Waals surface area contributed by atoms with Gasteiger partial charge in [0.2, 0.25) is 5.91 Å². The van der Waals surface area contributed by atoms with Crippen LogP contribution in [0.1, 0.15) is 5.76 Å². The fourth-order valence-corrected chi connectivity index (χ4v) is 2.15. The quantitative estimate of drug-likeness (QED) is 0.664. The summed E-state index contributed by atoms with van der Waals surface area (Å²) in [5.41, 5.74) is 5.96. The van der Waals surface area contributed by atoms with Crippen molar-refractivity contribution in [1.29, 1.82) is 0 Å². The van der Waals surface area contributed by atoms with Crippen molar-refractivity contribution < 1.29 is 13.7 Å². The number of nitrogens with two attached hydrogens (primary N) is 1. The Morgan fingerprint density at radius 3 is 2.95 bits per heavy atom. The molecule has 0 atom stereocenters. The molecule has 2 rings (SSSR count). The zero-order valence-corrected chi connectivity index (χ0v) is 11.0. The third kappa shape index (κ3) is 3.72. The first-order valence-corrected chi connectivity index (χ1v) is 6.44. The number of amides is 1. The van der Waals surface area contributed by atoms with Crippen LogP contribution in [0.25, 0.3) is 0 Å². The molecule has 1 amide bonds. The summed E-state index contributed by atoms with van der Waals surface area (Å²) in [6.07, 6.45) is 0. The molecule has 19 heavy (non-hydrogen) atoms. The fraction of sp³-hybridized carbons (Fsp3) is 0.167. The molecular formula is C12H12FN3O2S. The number of benzene rings is 1. The summed E-state index contributed by atoms with van der Waals surface area (Å²) in [5.74, 6) is 0.508. The molecule has 0 unspecified atom stereocenters. The second-order valence-corrected chi connectivity index (χ2v) is 4.86. The zero-order chi connectivity index (χ0) is 13.8. The molecule has 0 aliphatic carbocycles.